The van der Waals surface area contributed by atoms with Crippen LogP contribution in [-0.2, 0) is 0 Å². The van der Waals surface area contributed by atoms with Crippen LogP contribution in [0.5, 0.6) is 11.5 Å². The average Bonchev–Trinajstić information content (AvgIpc) is 2.41. The Hall–Kier alpha value is -2.47. The number of nitrogens with one attached hydrogen (secondary N) is 1. The van der Waals surface area contributed by atoms with E-state index < -0.39 is 17.5 Å². The molecule has 0 bridgehead atoms. The first-order chi connectivity index (χ1) is 9.11. The molecule has 0 atom stereocenters. The number of ether oxygens (including phenoxy) is 1. The third-order valence-electron chi connectivity index (χ3n) is 2.38. The zero-order valence-electron chi connectivity index (χ0n) is 9.69. The number of carbonyl (C=O) groups is 1. The highest BCUT2D eigenvalue weighted by Gasteiger charge is 2.13. The number of para-hydroxylation sites is 1. The van der Waals surface area contributed by atoms with Gasteiger partial charge in [-0.15, -0.1) is 0 Å². The Morgan fingerprint density at radius 3 is 2.53 bits per heavy atom. The van der Waals surface area contributed by atoms with Gasteiger partial charge in [-0.05, 0) is 24.3 Å². The molecule has 19 heavy (non-hydrogen) atoms. The Morgan fingerprint density at radius 2 is 1.84 bits per heavy atom. The van der Waals surface area contributed by atoms with Crippen molar-refractivity contribution < 1.29 is 18.3 Å². The highest BCUT2D eigenvalue weighted by molar-refractivity contribution is 5.96. The molecule has 0 aliphatic carbocycles. The molecule has 0 saturated heterocycles. The lowest BCUT2D eigenvalue weighted by molar-refractivity contribution is 0.0951. The molecule has 0 unspecified atom stereocenters. The number of hydrazine groups is 1. The summed E-state index contributed by atoms with van der Waals surface area (Å²) in [6.45, 7) is 0. The predicted molar refractivity (Wildman–Crippen MR) is 64.5 cm³/mol. The summed E-state index contributed by atoms with van der Waals surface area (Å²) in [4.78, 5) is 11.5. The maximum absolute atomic E-state index is 13.5. The van der Waals surface area contributed by atoms with Crippen LogP contribution in [0.1, 0.15) is 10.4 Å². The molecule has 2 aromatic rings. The second-order valence-electron chi connectivity index (χ2n) is 3.65. The van der Waals surface area contributed by atoms with Crippen molar-refractivity contribution in [2.24, 2.45) is 5.84 Å². The standard InChI is InChI=1S/C13H10F2N2O2/c14-8-5-6-12(10(15)7-8)19-11-4-2-1-3-9(11)13(18)17-16/h1-7H,16H2,(H,17,18). The molecule has 2 aromatic carbocycles. The third-order valence-corrected chi connectivity index (χ3v) is 2.38. The fourth-order valence-corrected chi connectivity index (χ4v) is 1.50. The molecule has 1 amide bonds. The summed E-state index contributed by atoms with van der Waals surface area (Å²) < 4.78 is 31.5. The summed E-state index contributed by atoms with van der Waals surface area (Å²) in [5.41, 5.74) is 2.11. The van der Waals surface area contributed by atoms with E-state index in [1.165, 1.54) is 12.1 Å². The fraction of sp³-hybridized carbons (Fsp3) is 0. The average molecular weight is 264 g/mol. The first-order valence-electron chi connectivity index (χ1n) is 5.34. The van der Waals surface area contributed by atoms with Crippen molar-refractivity contribution in [1.29, 1.82) is 0 Å². The van der Waals surface area contributed by atoms with Crippen LogP contribution >= 0.6 is 0 Å². The summed E-state index contributed by atoms with van der Waals surface area (Å²) in [6.07, 6.45) is 0. The SMILES string of the molecule is NNC(=O)c1ccccc1Oc1ccc(F)cc1F. The van der Waals surface area contributed by atoms with Gasteiger partial charge in [-0.1, -0.05) is 12.1 Å². The quantitative estimate of drug-likeness (QED) is 0.508. The summed E-state index contributed by atoms with van der Waals surface area (Å²) in [6, 6.07) is 9.07. The van der Waals surface area contributed by atoms with Gasteiger partial charge in [0, 0.05) is 6.07 Å². The van der Waals surface area contributed by atoms with E-state index in [1.54, 1.807) is 12.1 Å². The van der Waals surface area contributed by atoms with Crippen LogP contribution in [0.2, 0.25) is 0 Å². The molecule has 0 aliphatic rings. The third kappa shape index (κ3) is 2.86. The van der Waals surface area contributed by atoms with Crippen molar-refractivity contribution in [3.8, 4) is 11.5 Å². The summed E-state index contributed by atoms with van der Waals surface area (Å²) in [5.74, 6) is 2.84. The highest BCUT2D eigenvalue weighted by atomic mass is 19.1. The molecular formula is C13H10F2N2O2. The van der Waals surface area contributed by atoms with Gasteiger partial charge in [0.05, 0.1) is 5.56 Å². The first kappa shape index (κ1) is 13.0. The van der Waals surface area contributed by atoms with E-state index in [4.69, 9.17) is 10.6 Å². The van der Waals surface area contributed by atoms with E-state index in [-0.39, 0.29) is 17.1 Å². The zero-order valence-corrected chi connectivity index (χ0v) is 9.69. The largest absolute Gasteiger partial charge is 0.453 e. The van der Waals surface area contributed by atoms with Gasteiger partial charge >= 0.3 is 0 Å². The molecule has 4 nitrogen and oxygen atoms in total. The zero-order chi connectivity index (χ0) is 13.8. The van der Waals surface area contributed by atoms with Gasteiger partial charge in [0.1, 0.15) is 11.6 Å². The second-order valence-corrected chi connectivity index (χ2v) is 3.65. The molecule has 2 rings (SSSR count). The molecule has 0 saturated carbocycles. The number of rotatable bonds is 3. The number of hydrogen-bond donors (Lipinski definition) is 2. The number of halogens is 2. The summed E-state index contributed by atoms with van der Waals surface area (Å²) in [7, 11) is 0. The number of benzene rings is 2. The number of amides is 1. The minimum absolute atomic E-state index is 0.121. The fourth-order valence-electron chi connectivity index (χ4n) is 1.50. The summed E-state index contributed by atoms with van der Waals surface area (Å²) >= 11 is 0. The van der Waals surface area contributed by atoms with Crippen LogP contribution in [0.3, 0.4) is 0 Å². The predicted octanol–water partition coefficient (Wildman–Crippen LogP) is 2.36. The molecule has 0 aliphatic heterocycles. The molecule has 6 heteroatoms. The lowest BCUT2D eigenvalue weighted by atomic mass is 10.2. The Balaban J connectivity index is 2.35. The lowest BCUT2D eigenvalue weighted by Gasteiger charge is -2.10. The molecule has 0 heterocycles. The molecule has 98 valence electrons. The number of hydrogen-bond acceptors (Lipinski definition) is 3. The Labute approximate surface area is 107 Å². The monoisotopic (exact) mass is 264 g/mol. The van der Waals surface area contributed by atoms with E-state index in [9.17, 15) is 13.6 Å². The van der Waals surface area contributed by atoms with Crippen molar-refractivity contribution in [2.75, 3.05) is 0 Å². The number of nitrogen functional groups attached to an aromatic ring is 1. The van der Waals surface area contributed by atoms with Gasteiger partial charge in [0.2, 0.25) is 0 Å². The molecule has 0 aromatic heterocycles. The van der Waals surface area contributed by atoms with E-state index in [0.29, 0.717) is 6.07 Å². The molecule has 0 spiro atoms. The van der Waals surface area contributed by atoms with E-state index >= 15 is 0 Å². The minimum atomic E-state index is -0.858. The number of nitrogens with two attached hydrogens (primary N) is 1. The topological polar surface area (TPSA) is 64.3 Å². The van der Waals surface area contributed by atoms with Gasteiger partial charge in [-0.3, -0.25) is 10.2 Å². The maximum Gasteiger partial charge on any atom is 0.268 e. The van der Waals surface area contributed by atoms with Crippen molar-refractivity contribution in [3.05, 3.63) is 59.7 Å². The van der Waals surface area contributed by atoms with Crippen LogP contribution in [0.15, 0.2) is 42.5 Å². The Bertz CT molecular complexity index is 617. The molecule has 0 radical (unpaired) electrons. The van der Waals surface area contributed by atoms with Gasteiger partial charge in [-0.25, -0.2) is 14.6 Å². The second kappa shape index (κ2) is 5.45. The van der Waals surface area contributed by atoms with Crippen LogP contribution < -0.4 is 16.0 Å². The summed E-state index contributed by atoms with van der Waals surface area (Å²) in [5, 5.41) is 0. The first-order valence-corrected chi connectivity index (χ1v) is 5.34. The van der Waals surface area contributed by atoms with Gasteiger partial charge in [0.25, 0.3) is 5.91 Å². The van der Waals surface area contributed by atoms with Crippen LogP contribution in [0.4, 0.5) is 8.78 Å². The van der Waals surface area contributed by atoms with Gasteiger partial charge in [-0.2, -0.15) is 0 Å². The smallest absolute Gasteiger partial charge is 0.268 e. The maximum atomic E-state index is 13.5. The molecule has 0 fully saturated rings. The normalized spacial score (nSPS) is 10.1. The van der Waals surface area contributed by atoms with Crippen molar-refractivity contribution in [2.45, 2.75) is 0 Å². The van der Waals surface area contributed by atoms with Gasteiger partial charge < -0.3 is 4.74 Å². The van der Waals surface area contributed by atoms with Crippen molar-refractivity contribution in [3.63, 3.8) is 0 Å². The lowest BCUT2D eigenvalue weighted by Crippen LogP contribution is -2.30. The van der Waals surface area contributed by atoms with Crippen LogP contribution in [-0.4, -0.2) is 5.91 Å². The Kier molecular flexibility index (Phi) is 3.72. The van der Waals surface area contributed by atoms with Crippen LogP contribution in [0, 0.1) is 11.6 Å². The highest BCUT2D eigenvalue weighted by Crippen LogP contribution is 2.27. The van der Waals surface area contributed by atoms with Crippen molar-refractivity contribution >= 4 is 5.91 Å². The van der Waals surface area contributed by atoms with Crippen LogP contribution in [0.25, 0.3) is 0 Å². The minimum Gasteiger partial charge on any atom is -0.453 e. The Morgan fingerprint density at radius 1 is 1.11 bits per heavy atom. The van der Waals surface area contributed by atoms with E-state index in [2.05, 4.69) is 0 Å². The molecule has 3 N–H and O–H groups in total. The van der Waals surface area contributed by atoms with Gasteiger partial charge in [0.15, 0.2) is 11.6 Å². The van der Waals surface area contributed by atoms with E-state index in [0.717, 1.165) is 12.1 Å². The molecular weight excluding hydrogens is 254 g/mol. The number of carbonyl (C=O) groups excluding carboxylic acids is 1. The van der Waals surface area contributed by atoms with E-state index in [1.807, 2.05) is 5.43 Å². The van der Waals surface area contributed by atoms with Crippen molar-refractivity contribution in [1.82, 2.24) is 5.43 Å².